The van der Waals surface area contributed by atoms with E-state index in [9.17, 15) is 9.59 Å². The van der Waals surface area contributed by atoms with Crippen molar-refractivity contribution in [2.75, 3.05) is 19.6 Å². The van der Waals surface area contributed by atoms with Gasteiger partial charge in [-0.05, 0) is 32.2 Å². The van der Waals surface area contributed by atoms with Gasteiger partial charge in [0, 0.05) is 37.0 Å². The van der Waals surface area contributed by atoms with Crippen LogP contribution >= 0.6 is 11.3 Å². The molecule has 0 aromatic carbocycles. The first-order valence-electron chi connectivity index (χ1n) is 9.66. The molecule has 3 rings (SSSR count). The minimum atomic E-state index is -0.0624. The van der Waals surface area contributed by atoms with Crippen molar-refractivity contribution in [3.63, 3.8) is 0 Å². The van der Waals surface area contributed by atoms with Gasteiger partial charge in [-0.15, -0.1) is 11.3 Å². The highest BCUT2D eigenvalue weighted by atomic mass is 32.1. The number of hydrogen-bond donors (Lipinski definition) is 3. The van der Waals surface area contributed by atoms with E-state index < -0.39 is 0 Å². The lowest BCUT2D eigenvalue weighted by atomic mass is 9.96. The summed E-state index contributed by atoms with van der Waals surface area (Å²) < 4.78 is 0. The molecule has 26 heavy (non-hydrogen) atoms. The molecule has 0 unspecified atom stereocenters. The standard InChI is InChI=1S/C18H29N5O2S/c19-9-6-16-22-15(12-26-16)17(24)23-10-7-14(8-11-23)21-18(25)20-13-4-2-1-3-5-13/h12-14H,1-11,19H2,(H2,20,21,25). The molecular weight excluding hydrogens is 350 g/mol. The molecule has 2 aliphatic rings. The van der Waals surface area contributed by atoms with Gasteiger partial charge in [0.2, 0.25) is 0 Å². The summed E-state index contributed by atoms with van der Waals surface area (Å²) in [4.78, 5) is 30.9. The summed E-state index contributed by atoms with van der Waals surface area (Å²) in [6, 6.07) is 0.385. The molecule has 3 amide bonds. The normalized spacial score (nSPS) is 19.3. The van der Waals surface area contributed by atoms with Crippen molar-refractivity contribution in [1.29, 1.82) is 0 Å². The second-order valence-electron chi connectivity index (χ2n) is 7.18. The summed E-state index contributed by atoms with van der Waals surface area (Å²) in [5.41, 5.74) is 6.05. The Balaban J connectivity index is 1.41. The molecule has 0 atom stereocenters. The van der Waals surface area contributed by atoms with E-state index in [4.69, 9.17) is 5.73 Å². The fourth-order valence-electron chi connectivity index (χ4n) is 3.70. The van der Waals surface area contributed by atoms with Crippen molar-refractivity contribution in [3.8, 4) is 0 Å². The Morgan fingerprint density at radius 1 is 1.12 bits per heavy atom. The first-order chi connectivity index (χ1) is 12.7. The first kappa shape index (κ1) is 19.1. The molecule has 0 spiro atoms. The van der Waals surface area contributed by atoms with Gasteiger partial charge in [-0.25, -0.2) is 9.78 Å². The van der Waals surface area contributed by atoms with Crippen LogP contribution in [0.4, 0.5) is 4.79 Å². The molecule has 144 valence electrons. The number of carbonyl (C=O) groups is 2. The molecule has 1 aliphatic carbocycles. The average molecular weight is 380 g/mol. The third-order valence-electron chi connectivity index (χ3n) is 5.19. The van der Waals surface area contributed by atoms with Crippen molar-refractivity contribution in [3.05, 3.63) is 16.1 Å². The predicted octanol–water partition coefficient (Wildman–Crippen LogP) is 1.88. The molecular formula is C18H29N5O2S. The predicted molar refractivity (Wildman–Crippen MR) is 102 cm³/mol. The van der Waals surface area contributed by atoms with E-state index in [1.807, 2.05) is 10.3 Å². The van der Waals surface area contributed by atoms with Gasteiger partial charge in [0.25, 0.3) is 5.91 Å². The van der Waals surface area contributed by atoms with Crippen molar-refractivity contribution < 1.29 is 9.59 Å². The summed E-state index contributed by atoms with van der Waals surface area (Å²) in [6.07, 6.45) is 8.12. The van der Waals surface area contributed by atoms with Crippen LogP contribution < -0.4 is 16.4 Å². The van der Waals surface area contributed by atoms with E-state index in [1.165, 1.54) is 30.6 Å². The molecule has 0 bridgehead atoms. The van der Waals surface area contributed by atoms with Gasteiger partial charge in [-0.1, -0.05) is 19.3 Å². The van der Waals surface area contributed by atoms with Crippen LogP contribution in [0.1, 0.15) is 60.4 Å². The van der Waals surface area contributed by atoms with Crippen LogP contribution in [0, 0.1) is 0 Å². The molecule has 2 heterocycles. The Morgan fingerprint density at radius 3 is 2.42 bits per heavy atom. The highest BCUT2D eigenvalue weighted by Gasteiger charge is 2.26. The minimum Gasteiger partial charge on any atom is -0.337 e. The first-order valence-corrected chi connectivity index (χ1v) is 10.5. The van der Waals surface area contributed by atoms with Gasteiger partial charge in [0.05, 0.1) is 5.01 Å². The fraction of sp³-hybridized carbons (Fsp3) is 0.722. The van der Waals surface area contributed by atoms with Gasteiger partial charge in [0.1, 0.15) is 5.69 Å². The highest BCUT2D eigenvalue weighted by Crippen LogP contribution is 2.18. The monoisotopic (exact) mass is 379 g/mol. The quantitative estimate of drug-likeness (QED) is 0.727. The van der Waals surface area contributed by atoms with Gasteiger partial charge in [0.15, 0.2) is 0 Å². The van der Waals surface area contributed by atoms with Crippen LogP contribution in [0.25, 0.3) is 0 Å². The molecule has 8 heteroatoms. The number of thiazole rings is 1. The maximum atomic E-state index is 12.5. The molecule has 2 fully saturated rings. The fourth-order valence-corrected chi connectivity index (χ4v) is 4.48. The SMILES string of the molecule is NCCc1nc(C(=O)N2CCC(NC(=O)NC3CCCCC3)CC2)cs1. The smallest absolute Gasteiger partial charge is 0.315 e. The topological polar surface area (TPSA) is 100 Å². The maximum absolute atomic E-state index is 12.5. The van der Waals surface area contributed by atoms with Crippen molar-refractivity contribution in [2.45, 2.75) is 63.5 Å². The number of hydrogen-bond acceptors (Lipinski definition) is 5. The number of carbonyl (C=O) groups excluding carboxylic acids is 2. The molecule has 4 N–H and O–H groups in total. The Hall–Kier alpha value is -1.67. The van der Waals surface area contributed by atoms with Crippen molar-refractivity contribution >= 4 is 23.3 Å². The number of urea groups is 1. The Bertz CT molecular complexity index is 606. The highest BCUT2D eigenvalue weighted by molar-refractivity contribution is 7.09. The van der Waals surface area contributed by atoms with E-state index in [0.717, 1.165) is 30.7 Å². The summed E-state index contributed by atoms with van der Waals surface area (Å²) in [5.74, 6) is -0.0189. The third kappa shape index (κ3) is 5.17. The molecule has 1 saturated heterocycles. The maximum Gasteiger partial charge on any atom is 0.315 e. The zero-order valence-corrected chi connectivity index (χ0v) is 16.0. The Morgan fingerprint density at radius 2 is 1.77 bits per heavy atom. The lowest BCUT2D eigenvalue weighted by molar-refractivity contribution is 0.0703. The Labute approximate surface area is 158 Å². The molecule has 0 radical (unpaired) electrons. The third-order valence-corrected chi connectivity index (χ3v) is 6.10. The molecule has 1 saturated carbocycles. The van der Waals surface area contributed by atoms with Crippen LogP contribution in [-0.2, 0) is 6.42 Å². The number of nitrogens with zero attached hydrogens (tertiary/aromatic N) is 2. The minimum absolute atomic E-state index is 0.0189. The lowest BCUT2D eigenvalue weighted by Gasteiger charge is -2.32. The van der Waals surface area contributed by atoms with Crippen LogP contribution in [0.3, 0.4) is 0 Å². The molecule has 1 aliphatic heterocycles. The van der Waals surface area contributed by atoms with Crippen LogP contribution in [-0.4, -0.2) is 53.5 Å². The number of amides is 3. The number of piperidine rings is 1. The van der Waals surface area contributed by atoms with Crippen LogP contribution in [0.15, 0.2) is 5.38 Å². The molecule has 1 aromatic rings. The molecule has 1 aromatic heterocycles. The largest absolute Gasteiger partial charge is 0.337 e. The van der Waals surface area contributed by atoms with Gasteiger partial charge in [-0.2, -0.15) is 0 Å². The number of rotatable bonds is 5. The van der Waals surface area contributed by atoms with Gasteiger partial charge in [-0.3, -0.25) is 4.79 Å². The summed E-state index contributed by atoms with van der Waals surface area (Å²) in [7, 11) is 0. The van der Waals surface area contributed by atoms with E-state index >= 15 is 0 Å². The zero-order chi connectivity index (χ0) is 18.4. The second-order valence-corrected chi connectivity index (χ2v) is 8.13. The summed E-state index contributed by atoms with van der Waals surface area (Å²) >= 11 is 1.49. The van der Waals surface area contributed by atoms with Gasteiger partial charge < -0.3 is 21.3 Å². The zero-order valence-electron chi connectivity index (χ0n) is 15.2. The number of nitrogens with one attached hydrogen (secondary N) is 2. The number of nitrogens with two attached hydrogens (primary N) is 1. The average Bonchev–Trinajstić information content (AvgIpc) is 3.11. The lowest BCUT2D eigenvalue weighted by Crippen LogP contribution is -2.51. The van der Waals surface area contributed by atoms with E-state index in [0.29, 0.717) is 37.8 Å². The molecule has 7 nitrogen and oxygen atoms in total. The Kier molecular flexibility index (Phi) is 6.85. The van der Waals surface area contributed by atoms with E-state index in [2.05, 4.69) is 15.6 Å². The van der Waals surface area contributed by atoms with Crippen LogP contribution in [0.2, 0.25) is 0 Å². The van der Waals surface area contributed by atoms with Crippen LogP contribution in [0.5, 0.6) is 0 Å². The summed E-state index contributed by atoms with van der Waals surface area (Å²) in [6.45, 7) is 1.84. The number of likely N-dealkylation sites (tertiary alicyclic amines) is 1. The number of aromatic nitrogens is 1. The van der Waals surface area contributed by atoms with Crippen molar-refractivity contribution in [1.82, 2.24) is 20.5 Å². The van der Waals surface area contributed by atoms with E-state index in [-0.39, 0.29) is 18.0 Å². The summed E-state index contributed by atoms with van der Waals surface area (Å²) in [5, 5.41) is 8.89. The second kappa shape index (κ2) is 9.32. The van der Waals surface area contributed by atoms with Gasteiger partial charge >= 0.3 is 6.03 Å². The van der Waals surface area contributed by atoms with Crippen molar-refractivity contribution in [2.24, 2.45) is 5.73 Å². The van der Waals surface area contributed by atoms with E-state index in [1.54, 1.807) is 0 Å².